The summed E-state index contributed by atoms with van der Waals surface area (Å²) in [5.74, 6) is 0.764. The van der Waals surface area contributed by atoms with E-state index in [9.17, 15) is 0 Å². The van der Waals surface area contributed by atoms with Crippen molar-refractivity contribution in [3.63, 3.8) is 0 Å². The lowest BCUT2D eigenvalue weighted by molar-refractivity contribution is 0.445. The molecule has 1 nitrogen and oxygen atoms in total. The molecule has 0 amide bonds. The lowest BCUT2D eigenvalue weighted by atomic mass is 9.86. The minimum Gasteiger partial charge on any atom is -0.315 e. The van der Waals surface area contributed by atoms with Gasteiger partial charge in [-0.15, -0.1) is 12.4 Å². The average molecular weight is 212 g/mol. The maximum Gasteiger partial charge on any atom is 0.00938 e. The van der Waals surface area contributed by atoms with Gasteiger partial charge in [-0.05, 0) is 37.5 Å². The Balaban J connectivity index is 0.000000980. The molecule has 1 aliphatic heterocycles. The molecule has 0 bridgehead atoms. The summed E-state index contributed by atoms with van der Waals surface area (Å²) in [6.45, 7) is 8.94. The van der Waals surface area contributed by atoms with Crippen molar-refractivity contribution in [1.82, 2.24) is 5.32 Å². The molecule has 1 aromatic carbocycles. The molecule has 1 saturated heterocycles. The maximum atomic E-state index is 3.33. The molecular formula is C12H18ClN. The summed E-state index contributed by atoms with van der Waals surface area (Å²) in [6, 6.07) is 4.58. The van der Waals surface area contributed by atoms with E-state index in [4.69, 9.17) is 0 Å². The molecule has 0 aromatic heterocycles. The quantitative estimate of drug-likeness (QED) is 0.754. The van der Waals surface area contributed by atoms with Crippen molar-refractivity contribution >= 4 is 12.4 Å². The van der Waals surface area contributed by atoms with Crippen molar-refractivity contribution in [1.29, 1.82) is 0 Å². The van der Waals surface area contributed by atoms with Crippen molar-refractivity contribution in [3.8, 4) is 0 Å². The van der Waals surface area contributed by atoms with Crippen molar-refractivity contribution in [2.24, 2.45) is 0 Å². The number of halogens is 1. The summed E-state index contributed by atoms with van der Waals surface area (Å²) in [7, 11) is 0. The minimum absolute atomic E-state index is 0. The van der Waals surface area contributed by atoms with E-state index >= 15 is 0 Å². The maximum absolute atomic E-state index is 3.33. The van der Waals surface area contributed by atoms with Crippen LogP contribution in [0.25, 0.3) is 0 Å². The van der Waals surface area contributed by atoms with Crippen molar-refractivity contribution in [2.45, 2.75) is 26.7 Å². The first kappa shape index (κ1) is 11.5. The van der Waals surface area contributed by atoms with E-state index in [0.717, 1.165) is 19.0 Å². The Bertz CT molecular complexity index is 306. The predicted octanol–water partition coefficient (Wildman–Crippen LogP) is 2.72. The van der Waals surface area contributed by atoms with Crippen LogP contribution in [0.4, 0.5) is 0 Å². The summed E-state index contributed by atoms with van der Waals surface area (Å²) < 4.78 is 0. The lowest BCUT2D eigenvalue weighted by Crippen LogP contribution is -2.40. The second-order valence-electron chi connectivity index (χ2n) is 4.17. The average Bonchev–Trinajstić information content (AvgIpc) is 1.92. The van der Waals surface area contributed by atoms with Crippen LogP contribution in [-0.4, -0.2) is 13.1 Å². The topological polar surface area (TPSA) is 12.0 Å². The largest absolute Gasteiger partial charge is 0.315 e. The van der Waals surface area contributed by atoms with E-state index in [-0.39, 0.29) is 12.4 Å². The zero-order chi connectivity index (χ0) is 9.42. The van der Waals surface area contributed by atoms with Crippen molar-refractivity contribution < 1.29 is 0 Å². The number of aryl methyl sites for hydroxylation is 3. The van der Waals surface area contributed by atoms with Crippen molar-refractivity contribution in [3.05, 3.63) is 34.4 Å². The van der Waals surface area contributed by atoms with Crippen LogP contribution in [0, 0.1) is 20.8 Å². The van der Waals surface area contributed by atoms with E-state index in [1.54, 1.807) is 5.56 Å². The van der Waals surface area contributed by atoms with Gasteiger partial charge >= 0.3 is 0 Å². The molecule has 0 saturated carbocycles. The third kappa shape index (κ3) is 1.94. The lowest BCUT2D eigenvalue weighted by Gasteiger charge is -2.30. The molecule has 0 unspecified atom stereocenters. The first-order chi connectivity index (χ1) is 6.18. The molecule has 2 heteroatoms. The first-order valence-corrected chi connectivity index (χ1v) is 4.97. The Labute approximate surface area is 92.3 Å². The Morgan fingerprint density at radius 3 is 1.93 bits per heavy atom. The summed E-state index contributed by atoms with van der Waals surface area (Å²) >= 11 is 0. The van der Waals surface area contributed by atoms with Gasteiger partial charge in [0.1, 0.15) is 0 Å². The molecule has 1 fully saturated rings. The van der Waals surface area contributed by atoms with E-state index < -0.39 is 0 Å². The van der Waals surface area contributed by atoms with Gasteiger partial charge in [-0.1, -0.05) is 17.7 Å². The van der Waals surface area contributed by atoms with Gasteiger partial charge in [-0.2, -0.15) is 0 Å². The third-order valence-corrected chi connectivity index (χ3v) is 2.93. The molecular weight excluding hydrogens is 194 g/mol. The molecule has 78 valence electrons. The van der Waals surface area contributed by atoms with Crippen LogP contribution in [0.1, 0.15) is 28.2 Å². The van der Waals surface area contributed by atoms with Gasteiger partial charge in [-0.3, -0.25) is 0 Å². The highest BCUT2D eigenvalue weighted by atomic mass is 35.5. The monoisotopic (exact) mass is 211 g/mol. The van der Waals surface area contributed by atoms with E-state index in [2.05, 4.69) is 38.2 Å². The number of hydrogen-bond acceptors (Lipinski definition) is 1. The van der Waals surface area contributed by atoms with Gasteiger partial charge in [0.15, 0.2) is 0 Å². The number of benzene rings is 1. The predicted molar refractivity (Wildman–Crippen MR) is 63.5 cm³/mol. The first-order valence-electron chi connectivity index (χ1n) is 4.97. The molecule has 1 aromatic rings. The van der Waals surface area contributed by atoms with Gasteiger partial charge in [0.25, 0.3) is 0 Å². The number of rotatable bonds is 1. The summed E-state index contributed by atoms with van der Waals surface area (Å²) in [5, 5.41) is 3.33. The fourth-order valence-electron chi connectivity index (χ4n) is 2.33. The molecule has 0 spiro atoms. The Hall–Kier alpha value is -0.530. The molecule has 1 N–H and O–H groups in total. The summed E-state index contributed by atoms with van der Waals surface area (Å²) in [6.07, 6.45) is 0. The smallest absolute Gasteiger partial charge is 0.00938 e. The molecule has 1 aliphatic rings. The zero-order valence-electron chi connectivity index (χ0n) is 9.05. The van der Waals surface area contributed by atoms with E-state index in [1.807, 2.05) is 0 Å². The van der Waals surface area contributed by atoms with E-state index in [0.29, 0.717) is 0 Å². The van der Waals surface area contributed by atoms with Crippen LogP contribution in [0.3, 0.4) is 0 Å². The Morgan fingerprint density at radius 1 is 1.07 bits per heavy atom. The summed E-state index contributed by atoms with van der Waals surface area (Å²) in [5.41, 5.74) is 5.88. The highest BCUT2D eigenvalue weighted by Crippen LogP contribution is 2.27. The minimum atomic E-state index is 0. The molecule has 14 heavy (non-hydrogen) atoms. The zero-order valence-corrected chi connectivity index (χ0v) is 9.87. The molecule has 0 radical (unpaired) electrons. The molecule has 0 atom stereocenters. The molecule has 0 aliphatic carbocycles. The fraction of sp³-hybridized carbons (Fsp3) is 0.500. The van der Waals surface area contributed by atoms with Crippen LogP contribution >= 0.6 is 12.4 Å². The SMILES string of the molecule is Cc1cc(C)c(C2CNC2)c(C)c1.Cl. The Morgan fingerprint density at radius 2 is 1.57 bits per heavy atom. The van der Waals surface area contributed by atoms with Gasteiger partial charge < -0.3 is 5.32 Å². The highest BCUT2D eigenvalue weighted by Gasteiger charge is 2.22. The second-order valence-corrected chi connectivity index (χ2v) is 4.17. The van der Waals surface area contributed by atoms with Gasteiger partial charge in [0.2, 0.25) is 0 Å². The van der Waals surface area contributed by atoms with Gasteiger partial charge in [0.05, 0.1) is 0 Å². The van der Waals surface area contributed by atoms with Crippen molar-refractivity contribution in [2.75, 3.05) is 13.1 Å². The van der Waals surface area contributed by atoms with Crippen LogP contribution < -0.4 is 5.32 Å². The number of nitrogens with one attached hydrogen (secondary N) is 1. The standard InChI is InChI=1S/C12H17N.ClH/c1-8-4-9(2)12(10(3)5-8)11-6-13-7-11;/h4-5,11,13H,6-7H2,1-3H3;1H. The molecule has 2 rings (SSSR count). The summed E-state index contributed by atoms with van der Waals surface area (Å²) in [4.78, 5) is 0. The van der Waals surface area contributed by atoms with Crippen LogP contribution in [-0.2, 0) is 0 Å². The van der Waals surface area contributed by atoms with Gasteiger partial charge in [-0.25, -0.2) is 0 Å². The normalized spacial score (nSPS) is 15.9. The fourth-order valence-corrected chi connectivity index (χ4v) is 2.33. The Kier molecular flexibility index (Phi) is 3.57. The van der Waals surface area contributed by atoms with Crippen LogP contribution in [0.2, 0.25) is 0 Å². The van der Waals surface area contributed by atoms with E-state index in [1.165, 1.54) is 16.7 Å². The van der Waals surface area contributed by atoms with Gasteiger partial charge in [0, 0.05) is 19.0 Å². The van der Waals surface area contributed by atoms with Crippen LogP contribution in [0.5, 0.6) is 0 Å². The highest BCUT2D eigenvalue weighted by molar-refractivity contribution is 5.85. The third-order valence-electron chi connectivity index (χ3n) is 2.93. The number of hydrogen-bond donors (Lipinski definition) is 1. The second kappa shape index (κ2) is 4.33. The molecule has 1 heterocycles. The van der Waals surface area contributed by atoms with Crippen LogP contribution in [0.15, 0.2) is 12.1 Å².